The number of ether oxygens (including phenoxy) is 1. The number of rotatable bonds is 3. The standard InChI is InChI=1S/C7H14O8S/c1-16(12,13)15-6-4(9)3(2-8)14-7(11)5(6)10/h3-11H,2H2,1H3/t3-,4+,5+,6+,7-/m0/s1. The fourth-order valence-corrected chi connectivity index (χ4v) is 2.01. The summed E-state index contributed by atoms with van der Waals surface area (Å²) >= 11 is 0. The van der Waals surface area contributed by atoms with E-state index in [-0.39, 0.29) is 0 Å². The van der Waals surface area contributed by atoms with Crippen LogP contribution >= 0.6 is 0 Å². The van der Waals surface area contributed by atoms with Crippen molar-refractivity contribution >= 4 is 10.1 Å². The third-order valence-electron chi connectivity index (χ3n) is 2.13. The van der Waals surface area contributed by atoms with Gasteiger partial charge in [-0.15, -0.1) is 0 Å². The Bertz CT molecular complexity index is 327. The Morgan fingerprint density at radius 3 is 2.25 bits per heavy atom. The smallest absolute Gasteiger partial charge is 0.264 e. The third kappa shape index (κ3) is 3.10. The second kappa shape index (κ2) is 4.92. The molecule has 9 heteroatoms. The molecule has 0 aromatic carbocycles. The predicted octanol–water partition coefficient (Wildman–Crippen LogP) is -3.24. The summed E-state index contributed by atoms with van der Waals surface area (Å²) in [5, 5.41) is 36.9. The zero-order valence-electron chi connectivity index (χ0n) is 8.42. The van der Waals surface area contributed by atoms with E-state index in [1.165, 1.54) is 0 Å². The summed E-state index contributed by atoms with van der Waals surface area (Å²) in [5.41, 5.74) is 0. The van der Waals surface area contributed by atoms with E-state index in [0.29, 0.717) is 0 Å². The molecule has 0 bridgehead atoms. The molecule has 4 N–H and O–H groups in total. The third-order valence-corrected chi connectivity index (χ3v) is 2.70. The Labute approximate surface area is 92.2 Å². The van der Waals surface area contributed by atoms with Gasteiger partial charge in [0.15, 0.2) is 6.29 Å². The van der Waals surface area contributed by atoms with Gasteiger partial charge in [0.05, 0.1) is 12.9 Å². The maximum Gasteiger partial charge on any atom is 0.264 e. The molecule has 1 rings (SSSR count). The number of hydrogen-bond acceptors (Lipinski definition) is 8. The Kier molecular flexibility index (Phi) is 4.23. The van der Waals surface area contributed by atoms with E-state index in [2.05, 4.69) is 8.92 Å². The highest BCUT2D eigenvalue weighted by molar-refractivity contribution is 7.86. The van der Waals surface area contributed by atoms with Crippen LogP contribution in [-0.2, 0) is 19.0 Å². The van der Waals surface area contributed by atoms with Crippen molar-refractivity contribution in [1.82, 2.24) is 0 Å². The SMILES string of the molecule is CS(=O)(=O)O[C@H]1[C@@H](O)[C@@H](O)O[C@@H](CO)[C@H]1O. The van der Waals surface area contributed by atoms with E-state index in [1.54, 1.807) is 0 Å². The molecular weight excluding hydrogens is 244 g/mol. The Morgan fingerprint density at radius 1 is 1.25 bits per heavy atom. The molecule has 0 radical (unpaired) electrons. The van der Waals surface area contributed by atoms with Gasteiger partial charge in [-0.05, 0) is 0 Å². The fraction of sp³-hybridized carbons (Fsp3) is 1.00. The van der Waals surface area contributed by atoms with Crippen molar-refractivity contribution in [3.05, 3.63) is 0 Å². The first-order valence-electron chi connectivity index (χ1n) is 4.45. The minimum atomic E-state index is -3.91. The maximum absolute atomic E-state index is 10.9. The van der Waals surface area contributed by atoms with Crippen LogP contribution < -0.4 is 0 Å². The summed E-state index contributed by atoms with van der Waals surface area (Å²) in [5.74, 6) is 0. The van der Waals surface area contributed by atoms with E-state index >= 15 is 0 Å². The van der Waals surface area contributed by atoms with Gasteiger partial charge in [-0.2, -0.15) is 8.42 Å². The summed E-state index contributed by atoms with van der Waals surface area (Å²) in [7, 11) is -3.91. The predicted molar refractivity (Wildman–Crippen MR) is 49.7 cm³/mol. The number of aliphatic hydroxyl groups excluding tert-OH is 4. The van der Waals surface area contributed by atoms with E-state index in [4.69, 9.17) is 5.11 Å². The molecule has 1 heterocycles. The molecule has 96 valence electrons. The Balaban J connectivity index is 2.85. The van der Waals surface area contributed by atoms with E-state index < -0.39 is 47.4 Å². The van der Waals surface area contributed by atoms with Gasteiger partial charge in [0.2, 0.25) is 0 Å². The molecule has 0 aliphatic carbocycles. The maximum atomic E-state index is 10.9. The van der Waals surface area contributed by atoms with E-state index in [0.717, 1.165) is 6.26 Å². The van der Waals surface area contributed by atoms with Gasteiger partial charge in [0, 0.05) is 0 Å². The summed E-state index contributed by atoms with van der Waals surface area (Å²) in [6, 6.07) is 0. The van der Waals surface area contributed by atoms with Crippen molar-refractivity contribution in [2.45, 2.75) is 30.7 Å². The van der Waals surface area contributed by atoms with Crippen LogP contribution in [0.2, 0.25) is 0 Å². The van der Waals surface area contributed by atoms with Crippen LogP contribution in [0.15, 0.2) is 0 Å². The van der Waals surface area contributed by atoms with E-state index in [1.807, 2.05) is 0 Å². The minimum absolute atomic E-state index is 0.644. The average molecular weight is 258 g/mol. The molecule has 0 unspecified atom stereocenters. The lowest BCUT2D eigenvalue weighted by Crippen LogP contribution is -2.59. The highest BCUT2D eigenvalue weighted by atomic mass is 32.2. The number of hydrogen-bond donors (Lipinski definition) is 4. The molecule has 1 fully saturated rings. The molecule has 1 aliphatic heterocycles. The first kappa shape index (κ1) is 13.8. The summed E-state index contributed by atoms with van der Waals surface area (Å²) in [6.45, 7) is -0.644. The molecule has 1 aliphatic rings. The number of aliphatic hydroxyl groups is 4. The molecule has 1 saturated heterocycles. The summed E-state index contributed by atoms with van der Waals surface area (Å²) in [4.78, 5) is 0. The molecule has 0 aromatic heterocycles. The molecule has 0 spiro atoms. The van der Waals surface area contributed by atoms with Gasteiger partial charge in [-0.25, -0.2) is 0 Å². The van der Waals surface area contributed by atoms with Crippen molar-refractivity contribution in [1.29, 1.82) is 0 Å². The van der Waals surface area contributed by atoms with Crippen LogP contribution in [0.25, 0.3) is 0 Å². The van der Waals surface area contributed by atoms with Gasteiger partial charge in [-0.1, -0.05) is 0 Å². The topological polar surface area (TPSA) is 134 Å². The molecule has 8 nitrogen and oxygen atoms in total. The van der Waals surface area contributed by atoms with Gasteiger partial charge in [0.1, 0.15) is 24.4 Å². The normalized spacial score (nSPS) is 40.9. The molecule has 16 heavy (non-hydrogen) atoms. The molecule has 0 amide bonds. The van der Waals surface area contributed by atoms with Gasteiger partial charge < -0.3 is 25.2 Å². The second-order valence-corrected chi connectivity index (χ2v) is 5.09. The Hall–Kier alpha value is -0.290. The lowest BCUT2D eigenvalue weighted by molar-refractivity contribution is -0.281. The van der Waals surface area contributed by atoms with Crippen LogP contribution in [0.3, 0.4) is 0 Å². The first-order valence-corrected chi connectivity index (χ1v) is 6.26. The molecule has 5 atom stereocenters. The summed E-state index contributed by atoms with van der Waals surface area (Å²) in [6.07, 6.45) is -7.05. The Morgan fingerprint density at radius 2 is 1.81 bits per heavy atom. The second-order valence-electron chi connectivity index (χ2n) is 3.49. The lowest BCUT2D eigenvalue weighted by Gasteiger charge is -2.39. The van der Waals surface area contributed by atoms with Crippen molar-refractivity contribution < 1.29 is 37.8 Å². The van der Waals surface area contributed by atoms with Crippen LogP contribution in [0.1, 0.15) is 0 Å². The quantitative estimate of drug-likeness (QED) is 0.388. The van der Waals surface area contributed by atoms with Crippen molar-refractivity contribution in [2.24, 2.45) is 0 Å². The summed E-state index contributed by atoms with van der Waals surface area (Å²) < 4.78 is 30.8. The first-order chi connectivity index (χ1) is 7.26. The van der Waals surface area contributed by atoms with Crippen molar-refractivity contribution in [3.63, 3.8) is 0 Å². The highest BCUT2D eigenvalue weighted by Crippen LogP contribution is 2.23. The average Bonchev–Trinajstić information content (AvgIpc) is 2.17. The fourth-order valence-electron chi connectivity index (χ4n) is 1.38. The molecule has 0 saturated carbocycles. The molecular formula is C7H14O8S. The largest absolute Gasteiger partial charge is 0.394 e. The minimum Gasteiger partial charge on any atom is -0.394 e. The molecule has 0 aromatic rings. The van der Waals surface area contributed by atoms with Gasteiger partial charge in [-0.3, -0.25) is 4.18 Å². The van der Waals surface area contributed by atoms with Crippen LogP contribution in [0, 0.1) is 0 Å². The zero-order chi connectivity index (χ0) is 12.5. The van der Waals surface area contributed by atoms with Gasteiger partial charge in [0.25, 0.3) is 10.1 Å². The van der Waals surface area contributed by atoms with Crippen molar-refractivity contribution in [3.8, 4) is 0 Å². The van der Waals surface area contributed by atoms with Crippen molar-refractivity contribution in [2.75, 3.05) is 12.9 Å². The lowest BCUT2D eigenvalue weighted by atomic mass is 9.99. The highest BCUT2D eigenvalue weighted by Gasteiger charge is 2.46. The zero-order valence-corrected chi connectivity index (χ0v) is 9.24. The van der Waals surface area contributed by atoms with E-state index in [9.17, 15) is 23.7 Å². The van der Waals surface area contributed by atoms with Crippen LogP contribution in [0.4, 0.5) is 0 Å². The van der Waals surface area contributed by atoms with Gasteiger partial charge >= 0.3 is 0 Å². The van der Waals surface area contributed by atoms with Crippen LogP contribution in [0.5, 0.6) is 0 Å². The van der Waals surface area contributed by atoms with Crippen LogP contribution in [-0.4, -0.2) is 72.4 Å². The monoisotopic (exact) mass is 258 g/mol.